The van der Waals surface area contributed by atoms with Gasteiger partial charge in [0.25, 0.3) is 0 Å². The maximum Gasteiger partial charge on any atom is 0.135 e. The van der Waals surface area contributed by atoms with Gasteiger partial charge in [0.05, 0.1) is 0 Å². The minimum atomic E-state index is 0.221. The monoisotopic (exact) mass is 312 g/mol. The van der Waals surface area contributed by atoms with Crippen molar-refractivity contribution in [1.82, 2.24) is 0 Å². The summed E-state index contributed by atoms with van der Waals surface area (Å²) in [5, 5.41) is 0. The molecule has 0 aromatic rings. The summed E-state index contributed by atoms with van der Waals surface area (Å²) in [6.45, 7) is 12.1. The van der Waals surface area contributed by atoms with Crippen LogP contribution < -0.4 is 0 Å². The van der Waals surface area contributed by atoms with Gasteiger partial charge in [-0.15, -0.1) is 0 Å². The van der Waals surface area contributed by atoms with Crippen molar-refractivity contribution < 1.29 is 9.59 Å². The molecule has 0 unspecified atom stereocenters. The number of Topliss-reactive ketones (excluding diaryl/α,β-unsaturated/α-hetero) is 2. The second-order valence-electron chi connectivity index (χ2n) is 7.13. The number of ketones is 2. The van der Waals surface area contributed by atoms with Crippen LogP contribution in [0.3, 0.4) is 0 Å². The first-order chi connectivity index (χ1) is 10.3. The first kappa shape index (κ1) is 23.6. The molecule has 0 atom stereocenters. The summed E-state index contributed by atoms with van der Waals surface area (Å²) in [6, 6.07) is 0. The van der Waals surface area contributed by atoms with Crippen molar-refractivity contribution in [2.24, 2.45) is 11.8 Å². The number of unbranched alkanes of at least 4 members (excludes halogenated alkanes) is 6. The van der Waals surface area contributed by atoms with Gasteiger partial charge in [0.2, 0.25) is 0 Å². The van der Waals surface area contributed by atoms with Crippen LogP contribution in [0.15, 0.2) is 0 Å². The predicted octanol–water partition coefficient (Wildman–Crippen LogP) is 6.36. The van der Waals surface area contributed by atoms with Crippen molar-refractivity contribution in [2.45, 2.75) is 106 Å². The fourth-order valence-corrected chi connectivity index (χ4v) is 2.05. The Morgan fingerprint density at radius 1 is 0.773 bits per heavy atom. The molecule has 0 saturated carbocycles. The molecule has 0 aromatic carbocycles. The molecule has 0 saturated heterocycles. The highest BCUT2D eigenvalue weighted by Crippen LogP contribution is 2.08. The molecular formula is C20H40O2. The topological polar surface area (TPSA) is 34.1 Å². The zero-order chi connectivity index (χ0) is 17.4. The van der Waals surface area contributed by atoms with Gasteiger partial charge in [0.1, 0.15) is 11.6 Å². The van der Waals surface area contributed by atoms with Crippen LogP contribution in [0.1, 0.15) is 106 Å². The molecule has 0 spiro atoms. The van der Waals surface area contributed by atoms with Crippen molar-refractivity contribution in [3.8, 4) is 0 Å². The van der Waals surface area contributed by atoms with Crippen molar-refractivity contribution in [3.05, 3.63) is 0 Å². The minimum Gasteiger partial charge on any atom is -0.300 e. The predicted molar refractivity (Wildman–Crippen MR) is 97.2 cm³/mol. The lowest BCUT2D eigenvalue weighted by Crippen LogP contribution is -2.07. The zero-order valence-corrected chi connectivity index (χ0v) is 16.0. The van der Waals surface area contributed by atoms with Gasteiger partial charge >= 0.3 is 0 Å². The number of rotatable bonds is 12. The third kappa shape index (κ3) is 21.6. The molecule has 0 rings (SSSR count). The highest BCUT2D eigenvalue weighted by Gasteiger charge is 2.06. The standard InChI is InChI=1S/C11H22O.C9H18O/c1-3-4-5-6-7-8-9-10-11(2)12;1-7(2)5-6-9(10)8(3)4/h3-10H2,1-2H3;7-8H,5-6H2,1-4H3. The van der Waals surface area contributed by atoms with Crippen molar-refractivity contribution in [2.75, 3.05) is 0 Å². The van der Waals surface area contributed by atoms with E-state index in [1.807, 2.05) is 13.8 Å². The Hall–Kier alpha value is -0.660. The molecule has 0 aliphatic heterocycles. The number of carbonyl (C=O) groups is 2. The highest BCUT2D eigenvalue weighted by atomic mass is 16.1. The SMILES string of the molecule is CC(C)CCC(=O)C(C)C.CCCCCCCCCC(C)=O. The van der Waals surface area contributed by atoms with E-state index < -0.39 is 0 Å². The van der Waals surface area contributed by atoms with Crippen molar-refractivity contribution in [3.63, 3.8) is 0 Å². The van der Waals surface area contributed by atoms with Gasteiger partial charge in [-0.3, -0.25) is 4.79 Å². The molecule has 0 fully saturated rings. The van der Waals surface area contributed by atoms with E-state index in [0.717, 1.165) is 25.7 Å². The molecule has 0 amide bonds. The molecule has 0 heterocycles. The Bertz CT molecular complexity index is 267. The highest BCUT2D eigenvalue weighted by molar-refractivity contribution is 5.80. The van der Waals surface area contributed by atoms with Crippen molar-refractivity contribution in [1.29, 1.82) is 0 Å². The molecule has 0 aromatic heterocycles. The smallest absolute Gasteiger partial charge is 0.135 e. The summed E-state index contributed by atoms with van der Waals surface area (Å²) < 4.78 is 0. The van der Waals surface area contributed by atoms with E-state index >= 15 is 0 Å². The Morgan fingerprint density at radius 3 is 1.68 bits per heavy atom. The van der Waals surface area contributed by atoms with Crippen LogP contribution in [-0.4, -0.2) is 11.6 Å². The van der Waals surface area contributed by atoms with Gasteiger partial charge in [0, 0.05) is 18.8 Å². The quantitative estimate of drug-likeness (QED) is 0.393. The summed E-state index contributed by atoms with van der Waals surface area (Å²) in [5.74, 6) is 1.61. The maximum atomic E-state index is 11.0. The fourth-order valence-electron chi connectivity index (χ4n) is 2.05. The number of hydrogen-bond acceptors (Lipinski definition) is 2. The molecule has 0 N–H and O–H groups in total. The van der Waals surface area contributed by atoms with E-state index in [2.05, 4.69) is 20.8 Å². The zero-order valence-electron chi connectivity index (χ0n) is 16.0. The molecule has 22 heavy (non-hydrogen) atoms. The average molecular weight is 313 g/mol. The lowest BCUT2D eigenvalue weighted by molar-refractivity contribution is -0.122. The van der Waals surface area contributed by atoms with Gasteiger partial charge < -0.3 is 4.79 Å². The van der Waals surface area contributed by atoms with Crippen LogP contribution in [0.25, 0.3) is 0 Å². The largest absolute Gasteiger partial charge is 0.300 e. The maximum absolute atomic E-state index is 11.0. The third-order valence-electron chi connectivity index (χ3n) is 3.74. The lowest BCUT2D eigenvalue weighted by Gasteiger charge is -2.05. The van der Waals surface area contributed by atoms with E-state index in [-0.39, 0.29) is 5.92 Å². The van der Waals surface area contributed by atoms with Crippen LogP contribution in [0.4, 0.5) is 0 Å². The van der Waals surface area contributed by atoms with E-state index in [1.165, 1.54) is 38.5 Å². The Balaban J connectivity index is 0. The Labute approximate surface area is 139 Å². The second kappa shape index (κ2) is 16.7. The molecule has 0 bridgehead atoms. The van der Waals surface area contributed by atoms with Gasteiger partial charge in [0.15, 0.2) is 0 Å². The Morgan fingerprint density at radius 2 is 1.27 bits per heavy atom. The molecule has 0 radical (unpaired) electrons. The van der Waals surface area contributed by atoms with Crippen LogP contribution in [0.2, 0.25) is 0 Å². The molecule has 2 heteroatoms. The third-order valence-corrected chi connectivity index (χ3v) is 3.74. The van der Waals surface area contributed by atoms with Crippen LogP contribution >= 0.6 is 0 Å². The van der Waals surface area contributed by atoms with E-state index in [1.54, 1.807) is 6.92 Å². The molecule has 132 valence electrons. The van der Waals surface area contributed by atoms with E-state index in [9.17, 15) is 9.59 Å². The summed E-state index contributed by atoms with van der Waals surface area (Å²) in [7, 11) is 0. The lowest BCUT2D eigenvalue weighted by atomic mass is 10.00. The first-order valence-electron chi connectivity index (χ1n) is 9.33. The summed E-state index contributed by atoms with van der Waals surface area (Å²) in [6.07, 6.45) is 11.6. The van der Waals surface area contributed by atoms with E-state index in [4.69, 9.17) is 0 Å². The normalized spacial score (nSPS) is 10.5. The molecule has 0 aliphatic rings. The van der Waals surface area contributed by atoms with Crippen LogP contribution in [0, 0.1) is 11.8 Å². The van der Waals surface area contributed by atoms with Gasteiger partial charge in [-0.25, -0.2) is 0 Å². The summed E-state index contributed by atoms with van der Waals surface area (Å²) >= 11 is 0. The van der Waals surface area contributed by atoms with Crippen LogP contribution in [0.5, 0.6) is 0 Å². The van der Waals surface area contributed by atoms with Gasteiger partial charge in [-0.05, 0) is 25.7 Å². The minimum absolute atomic E-state index is 0.221. The summed E-state index contributed by atoms with van der Waals surface area (Å²) in [4.78, 5) is 21.6. The first-order valence-corrected chi connectivity index (χ1v) is 9.33. The average Bonchev–Trinajstić information content (AvgIpc) is 2.44. The fraction of sp³-hybridized carbons (Fsp3) is 0.900. The molecule has 0 aliphatic carbocycles. The van der Waals surface area contributed by atoms with Crippen LogP contribution in [-0.2, 0) is 9.59 Å². The molecule has 2 nitrogen and oxygen atoms in total. The Kier molecular flexibility index (Phi) is 17.9. The number of carbonyl (C=O) groups excluding carboxylic acids is 2. The molecular weight excluding hydrogens is 272 g/mol. The summed E-state index contributed by atoms with van der Waals surface area (Å²) in [5.41, 5.74) is 0. The van der Waals surface area contributed by atoms with Crippen molar-refractivity contribution >= 4 is 11.6 Å². The van der Waals surface area contributed by atoms with Gasteiger partial charge in [-0.1, -0.05) is 73.1 Å². The second-order valence-corrected chi connectivity index (χ2v) is 7.13. The van der Waals surface area contributed by atoms with Gasteiger partial charge in [-0.2, -0.15) is 0 Å². The number of hydrogen-bond donors (Lipinski definition) is 0. The van der Waals surface area contributed by atoms with E-state index in [0.29, 0.717) is 17.5 Å².